The molecule has 3 aliphatic heterocycles. The molecular formula is C21H17NO3S. The quantitative estimate of drug-likeness (QED) is 0.474. The minimum atomic E-state index is -0.371. The Hall–Kier alpha value is -2.37. The summed E-state index contributed by atoms with van der Waals surface area (Å²) in [5.74, 6) is -0.222. The van der Waals surface area contributed by atoms with Gasteiger partial charge in [-0.25, -0.2) is 4.90 Å². The molecule has 5 rings (SSSR count). The van der Waals surface area contributed by atoms with Crippen molar-refractivity contribution in [3.63, 3.8) is 0 Å². The monoisotopic (exact) mass is 363 g/mol. The lowest BCUT2D eigenvalue weighted by atomic mass is 9.85. The van der Waals surface area contributed by atoms with Crippen molar-refractivity contribution in [2.75, 3.05) is 4.90 Å². The number of thioether (sulfide) groups is 1. The van der Waals surface area contributed by atoms with Gasteiger partial charge < -0.3 is 4.74 Å². The minimum Gasteiger partial charge on any atom is -0.365 e. The number of fused-ring (bicyclic) bond motifs is 5. The van der Waals surface area contributed by atoms with Crippen molar-refractivity contribution >= 4 is 29.3 Å². The zero-order valence-corrected chi connectivity index (χ0v) is 14.8. The summed E-state index contributed by atoms with van der Waals surface area (Å²) in [6.45, 7) is 0. The van der Waals surface area contributed by atoms with Gasteiger partial charge in [0.1, 0.15) is 0 Å². The molecule has 2 aromatic carbocycles. The minimum absolute atomic E-state index is 0.135. The number of hydrogen-bond acceptors (Lipinski definition) is 4. The van der Waals surface area contributed by atoms with Gasteiger partial charge in [-0.3, -0.25) is 9.59 Å². The molecule has 0 saturated carbocycles. The van der Waals surface area contributed by atoms with Crippen molar-refractivity contribution in [1.29, 1.82) is 0 Å². The molecule has 0 aromatic heterocycles. The largest absolute Gasteiger partial charge is 0.365 e. The van der Waals surface area contributed by atoms with Gasteiger partial charge in [-0.05, 0) is 17.7 Å². The normalized spacial score (nSPS) is 28.8. The molecule has 0 aliphatic carbocycles. The van der Waals surface area contributed by atoms with E-state index in [9.17, 15) is 9.59 Å². The number of imide groups is 1. The van der Waals surface area contributed by atoms with Gasteiger partial charge in [-0.1, -0.05) is 54.6 Å². The van der Waals surface area contributed by atoms with Crippen LogP contribution in [0, 0.1) is 11.8 Å². The summed E-state index contributed by atoms with van der Waals surface area (Å²) in [6.07, 6.45) is 3.32. The van der Waals surface area contributed by atoms with Crippen LogP contribution in [0.25, 0.3) is 0 Å². The standard InChI is InChI=1S/C21H17NO3S/c23-20-18-15-10-11-16(25-15)19(18)21(24)22(20)14-8-4-5-9-17(14)26-12-13-6-2-1-3-7-13/h1-11,15-16,18-19H,12H2. The maximum Gasteiger partial charge on any atom is 0.240 e. The molecule has 2 bridgehead atoms. The number of ether oxygens (including phenoxy) is 1. The predicted octanol–water partition coefficient (Wildman–Crippen LogP) is 3.42. The second-order valence-corrected chi connectivity index (χ2v) is 7.77. The van der Waals surface area contributed by atoms with Crippen LogP contribution < -0.4 is 4.90 Å². The van der Waals surface area contributed by atoms with Crippen LogP contribution in [-0.2, 0) is 20.1 Å². The Balaban J connectivity index is 1.44. The smallest absolute Gasteiger partial charge is 0.240 e. The molecule has 0 spiro atoms. The Labute approximate surface area is 155 Å². The lowest BCUT2D eigenvalue weighted by Crippen LogP contribution is -2.34. The van der Waals surface area contributed by atoms with Crippen LogP contribution in [0.3, 0.4) is 0 Å². The summed E-state index contributed by atoms with van der Waals surface area (Å²) in [5.41, 5.74) is 1.90. The highest BCUT2D eigenvalue weighted by molar-refractivity contribution is 7.98. The number of hydrogen-bond donors (Lipinski definition) is 0. The van der Waals surface area contributed by atoms with Crippen molar-refractivity contribution in [1.82, 2.24) is 0 Å². The Morgan fingerprint density at radius 1 is 0.846 bits per heavy atom. The van der Waals surface area contributed by atoms with Crippen molar-refractivity contribution in [2.24, 2.45) is 11.8 Å². The van der Waals surface area contributed by atoms with E-state index in [-0.39, 0.29) is 35.9 Å². The van der Waals surface area contributed by atoms with E-state index < -0.39 is 0 Å². The fourth-order valence-electron chi connectivity index (χ4n) is 4.04. The van der Waals surface area contributed by atoms with E-state index >= 15 is 0 Å². The third-order valence-corrected chi connectivity index (χ3v) is 6.39. The maximum absolute atomic E-state index is 13.0. The first-order valence-electron chi connectivity index (χ1n) is 8.71. The third-order valence-electron chi connectivity index (χ3n) is 5.25. The maximum atomic E-state index is 13.0. The van der Waals surface area contributed by atoms with E-state index in [2.05, 4.69) is 12.1 Å². The lowest BCUT2D eigenvalue weighted by molar-refractivity contribution is -0.124. The number of amides is 2. The number of carbonyl (C=O) groups is 2. The van der Waals surface area contributed by atoms with E-state index in [1.54, 1.807) is 11.8 Å². The number of para-hydroxylation sites is 1. The van der Waals surface area contributed by atoms with Gasteiger partial charge in [0.25, 0.3) is 0 Å². The average molecular weight is 363 g/mol. The Morgan fingerprint density at radius 3 is 2.15 bits per heavy atom. The van der Waals surface area contributed by atoms with E-state index in [4.69, 9.17) is 4.74 Å². The van der Waals surface area contributed by atoms with Gasteiger partial charge in [0.05, 0.1) is 29.7 Å². The molecule has 2 fully saturated rings. The second-order valence-electron chi connectivity index (χ2n) is 6.76. The van der Waals surface area contributed by atoms with Gasteiger partial charge in [-0.2, -0.15) is 0 Å². The Bertz CT molecular complexity index is 880. The first-order chi connectivity index (χ1) is 12.7. The fraction of sp³-hybridized carbons (Fsp3) is 0.238. The predicted molar refractivity (Wildman–Crippen MR) is 99.7 cm³/mol. The van der Waals surface area contributed by atoms with E-state index in [0.717, 1.165) is 10.6 Å². The topological polar surface area (TPSA) is 46.6 Å². The molecule has 3 aliphatic rings. The van der Waals surface area contributed by atoms with Crippen LogP contribution in [0.1, 0.15) is 5.56 Å². The zero-order valence-electron chi connectivity index (χ0n) is 13.9. The molecule has 2 amide bonds. The fourth-order valence-corrected chi connectivity index (χ4v) is 5.04. The molecule has 2 saturated heterocycles. The molecule has 2 aromatic rings. The van der Waals surface area contributed by atoms with Crippen molar-refractivity contribution in [3.8, 4) is 0 Å². The van der Waals surface area contributed by atoms with Crippen LogP contribution in [0.2, 0.25) is 0 Å². The highest BCUT2D eigenvalue weighted by atomic mass is 32.2. The summed E-state index contributed by atoms with van der Waals surface area (Å²) >= 11 is 1.64. The lowest BCUT2D eigenvalue weighted by Gasteiger charge is -2.20. The zero-order chi connectivity index (χ0) is 17.7. The number of anilines is 1. The van der Waals surface area contributed by atoms with Gasteiger partial charge in [0.2, 0.25) is 11.8 Å². The van der Waals surface area contributed by atoms with E-state index in [0.29, 0.717) is 5.69 Å². The second kappa shape index (κ2) is 6.11. The SMILES string of the molecule is O=C1C2C3C=CC(O3)C2C(=O)N1c1ccccc1SCc1ccccc1. The first-order valence-corrected chi connectivity index (χ1v) is 9.70. The van der Waals surface area contributed by atoms with Crippen LogP contribution in [-0.4, -0.2) is 24.0 Å². The molecular weight excluding hydrogens is 346 g/mol. The van der Waals surface area contributed by atoms with E-state index in [1.165, 1.54) is 10.5 Å². The number of rotatable bonds is 4. The molecule has 4 atom stereocenters. The van der Waals surface area contributed by atoms with Crippen LogP contribution in [0.4, 0.5) is 5.69 Å². The molecule has 0 N–H and O–H groups in total. The van der Waals surface area contributed by atoms with Crippen molar-refractivity contribution in [2.45, 2.75) is 22.9 Å². The van der Waals surface area contributed by atoms with Gasteiger partial charge in [-0.15, -0.1) is 11.8 Å². The van der Waals surface area contributed by atoms with Crippen LogP contribution >= 0.6 is 11.8 Å². The Morgan fingerprint density at radius 2 is 1.46 bits per heavy atom. The molecule has 4 nitrogen and oxygen atoms in total. The highest BCUT2D eigenvalue weighted by Gasteiger charge is 2.61. The first kappa shape index (κ1) is 15.9. The molecule has 0 radical (unpaired) electrons. The van der Waals surface area contributed by atoms with Crippen molar-refractivity contribution < 1.29 is 14.3 Å². The summed E-state index contributed by atoms with van der Waals surface area (Å²) in [5, 5.41) is 0. The number of carbonyl (C=O) groups excluding carboxylic acids is 2. The van der Waals surface area contributed by atoms with Crippen LogP contribution in [0.15, 0.2) is 71.6 Å². The summed E-state index contributed by atoms with van der Waals surface area (Å²) in [4.78, 5) is 28.3. The number of nitrogens with zero attached hydrogens (tertiary/aromatic N) is 1. The summed E-state index contributed by atoms with van der Waals surface area (Å²) in [6, 6.07) is 17.8. The Kier molecular flexibility index (Phi) is 3.72. The third kappa shape index (κ3) is 2.35. The molecule has 5 heteroatoms. The molecule has 3 heterocycles. The van der Waals surface area contributed by atoms with Crippen molar-refractivity contribution in [3.05, 3.63) is 72.3 Å². The van der Waals surface area contributed by atoms with Gasteiger partial charge >= 0.3 is 0 Å². The average Bonchev–Trinajstić information content (AvgIpc) is 3.35. The molecule has 130 valence electrons. The van der Waals surface area contributed by atoms with Gasteiger partial charge in [0.15, 0.2) is 0 Å². The molecule has 4 unspecified atom stereocenters. The van der Waals surface area contributed by atoms with Crippen LogP contribution in [0.5, 0.6) is 0 Å². The summed E-state index contributed by atoms with van der Waals surface area (Å²) < 4.78 is 5.72. The van der Waals surface area contributed by atoms with E-state index in [1.807, 2.05) is 54.6 Å². The van der Waals surface area contributed by atoms with Gasteiger partial charge in [0, 0.05) is 10.6 Å². The number of benzene rings is 2. The molecule has 26 heavy (non-hydrogen) atoms. The summed E-state index contributed by atoms with van der Waals surface area (Å²) in [7, 11) is 0. The highest BCUT2D eigenvalue weighted by Crippen LogP contribution is 2.47.